The Labute approximate surface area is 111 Å². The average Bonchev–Trinajstić information content (AvgIpc) is 2.83. The summed E-state index contributed by atoms with van der Waals surface area (Å²) >= 11 is 3.17. The second kappa shape index (κ2) is 4.05. The molecule has 3 nitrogen and oxygen atoms in total. The van der Waals surface area contributed by atoms with Gasteiger partial charge in [-0.2, -0.15) is 5.10 Å². The molecule has 0 saturated carbocycles. The molecule has 3 rings (SSSR count). The first-order valence-corrected chi connectivity index (χ1v) is 6.38. The van der Waals surface area contributed by atoms with Crippen LogP contribution in [-0.4, -0.2) is 9.78 Å². The van der Waals surface area contributed by atoms with Crippen LogP contribution in [-0.2, 0) is 12.8 Å². The second-order valence-electron chi connectivity index (χ2n) is 4.29. The van der Waals surface area contributed by atoms with E-state index in [1.165, 1.54) is 10.7 Å². The van der Waals surface area contributed by atoms with Gasteiger partial charge in [0.1, 0.15) is 17.3 Å². The summed E-state index contributed by atoms with van der Waals surface area (Å²) in [4.78, 5) is 0. The van der Waals surface area contributed by atoms with Gasteiger partial charge in [-0.1, -0.05) is 0 Å². The Bertz CT molecular complexity index is 613. The van der Waals surface area contributed by atoms with Gasteiger partial charge in [0, 0.05) is 21.8 Å². The monoisotopic (exact) mass is 313 g/mol. The summed E-state index contributed by atoms with van der Waals surface area (Å²) < 4.78 is 28.8. The SMILES string of the molecule is Nc1nn(-c2c(F)cc(F)cc2Br)c2c1CCC2. The van der Waals surface area contributed by atoms with Crippen molar-refractivity contribution in [3.05, 3.63) is 39.5 Å². The molecule has 1 aromatic carbocycles. The molecule has 94 valence electrons. The number of hydrogen-bond acceptors (Lipinski definition) is 2. The molecule has 18 heavy (non-hydrogen) atoms. The third kappa shape index (κ3) is 1.63. The van der Waals surface area contributed by atoms with Crippen LogP contribution in [0.25, 0.3) is 5.69 Å². The lowest BCUT2D eigenvalue weighted by Gasteiger charge is -2.09. The lowest BCUT2D eigenvalue weighted by molar-refractivity contribution is 0.569. The lowest BCUT2D eigenvalue weighted by Crippen LogP contribution is -2.06. The Morgan fingerprint density at radius 1 is 1.28 bits per heavy atom. The smallest absolute Gasteiger partial charge is 0.152 e. The number of nitrogens with two attached hydrogens (primary N) is 1. The Morgan fingerprint density at radius 3 is 2.78 bits per heavy atom. The molecule has 1 aliphatic carbocycles. The van der Waals surface area contributed by atoms with Crippen molar-refractivity contribution in [2.75, 3.05) is 5.73 Å². The number of nitrogens with zero attached hydrogens (tertiary/aromatic N) is 2. The minimum Gasteiger partial charge on any atom is -0.382 e. The van der Waals surface area contributed by atoms with Crippen molar-refractivity contribution < 1.29 is 8.78 Å². The van der Waals surface area contributed by atoms with Crippen LogP contribution in [0.1, 0.15) is 17.7 Å². The van der Waals surface area contributed by atoms with E-state index in [0.29, 0.717) is 10.3 Å². The Balaban J connectivity index is 2.25. The lowest BCUT2D eigenvalue weighted by atomic mass is 10.2. The van der Waals surface area contributed by atoms with Crippen molar-refractivity contribution in [1.82, 2.24) is 9.78 Å². The molecule has 0 atom stereocenters. The van der Waals surface area contributed by atoms with Crippen molar-refractivity contribution in [2.24, 2.45) is 0 Å². The normalized spacial score (nSPS) is 13.9. The largest absolute Gasteiger partial charge is 0.382 e. The van der Waals surface area contributed by atoms with Gasteiger partial charge in [-0.3, -0.25) is 0 Å². The summed E-state index contributed by atoms with van der Waals surface area (Å²) in [6.45, 7) is 0. The quantitative estimate of drug-likeness (QED) is 0.879. The van der Waals surface area contributed by atoms with Crippen molar-refractivity contribution in [1.29, 1.82) is 0 Å². The maximum atomic E-state index is 13.9. The molecular formula is C12H10BrF2N3. The van der Waals surface area contributed by atoms with E-state index < -0.39 is 11.6 Å². The fraction of sp³-hybridized carbons (Fsp3) is 0.250. The second-order valence-corrected chi connectivity index (χ2v) is 5.15. The molecule has 1 heterocycles. The molecular weight excluding hydrogens is 304 g/mol. The van der Waals surface area contributed by atoms with E-state index in [4.69, 9.17) is 5.73 Å². The van der Waals surface area contributed by atoms with Gasteiger partial charge in [0.25, 0.3) is 0 Å². The fourth-order valence-electron chi connectivity index (χ4n) is 2.39. The van der Waals surface area contributed by atoms with E-state index in [-0.39, 0.29) is 5.69 Å². The Hall–Kier alpha value is -1.43. The highest BCUT2D eigenvalue weighted by Crippen LogP contribution is 2.33. The van der Waals surface area contributed by atoms with E-state index in [1.54, 1.807) is 0 Å². The van der Waals surface area contributed by atoms with Crippen LogP contribution < -0.4 is 5.73 Å². The zero-order valence-corrected chi connectivity index (χ0v) is 11.0. The molecule has 2 N–H and O–H groups in total. The number of halogens is 3. The van der Waals surface area contributed by atoms with Crippen molar-refractivity contribution in [2.45, 2.75) is 19.3 Å². The Kier molecular flexibility index (Phi) is 2.62. The molecule has 6 heteroatoms. The molecule has 0 radical (unpaired) electrons. The van der Waals surface area contributed by atoms with E-state index >= 15 is 0 Å². The molecule has 1 aliphatic rings. The van der Waals surface area contributed by atoms with Gasteiger partial charge in [-0.25, -0.2) is 13.5 Å². The highest BCUT2D eigenvalue weighted by molar-refractivity contribution is 9.10. The van der Waals surface area contributed by atoms with E-state index in [9.17, 15) is 8.78 Å². The number of rotatable bonds is 1. The van der Waals surface area contributed by atoms with Crippen molar-refractivity contribution in [3.63, 3.8) is 0 Å². The van der Waals surface area contributed by atoms with E-state index in [2.05, 4.69) is 21.0 Å². The first-order chi connectivity index (χ1) is 8.58. The number of benzene rings is 1. The maximum absolute atomic E-state index is 13.9. The molecule has 0 spiro atoms. The van der Waals surface area contributed by atoms with Crippen LogP contribution in [0.3, 0.4) is 0 Å². The zero-order valence-electron chi connectivity index (χ0n) is 9.38. The minimum atomic E-state index is -0.654. The zero-order chi connectivity index (χ0) is 12.9. The molecule has 0 saturated heterocycles. The highest BCUT2D eigenvalue weighted by atomic mass is 79.9. The standard InChI is InChI=1S/C12H10BrF2N3/c13-8-4-6(14)5-9(15)11(8)18-10-3-1-2-7(10)12(16)17-18/h4-5H,1-3H2,(H2,16,17). The van der Waals surface area contributed by atoms with Gasteiger partial charge in [0.05, 0.1) is 0 Å². The number of fused-ring (bicyclic) bond motifs is 1. The van der Waals surface area contributed by atoms with Crippen LogP contribution in [0.5, 0.6) is 0 Å². The van der Waals surface area contributed by atoms with Gasteiger partial charge < -0.3 is 5.73 Å². The van der Waals surface area contributed by atoms with E-state index in [0.717, 1.165) is 36.6 Å². The topological polar surface area (TPSA) is 43.8 Å². The summed E-state index contributed by atoms with van der Waals surface area (Å²) in [7, 11) is 0. The van der Waals surface area contributed by atoms with Gasteiger partial charge in [0.2, 0.25) is 0 Å². The van der Waals surface area contributed by atoms with Gasteiger partial charge in [0.15, 0.2) is 5.82 Å². The number of aromatic nitrogens is 2. The van der Waals surface area contributed by atoms with Crippen LogP contribution in [0.2, 0.25) is 0 Å². The number of nitrogen functional groups attached to an aromatic ring is 1. The summed E-state index contributed by atoms with van der Waals surface area (Å²) in [5, 5.41) is 4.16. The summed E-state index contributed by atoms with van der Waals surface area (Å²) in [5.41, 5.74) is 7.92. The molecule has 0 bridgehead atoms. The number of hydrogen-bond donors (Lipinski definition) is 1. The predicted molar refractivity (Wildman–Crippen MR) is 67.6 cm³/mol. The molecule has 0 unspecified atom stereocenters. The van der Waals surface area contributed by atoms with Crippen LogP contribution in [0.4, 0.5) is 14.6 Å². The predicted octanol–water partition coefficient (Wildman–Crippen LogP) is 2.98. The van der Waals surface area contributed by atoms with Crippen molar-refractivity contribution >= 4 is 21.7 Å². The van der Waals surface area contributed by atoms with Gasteiger partial charge in [-0.15, -0.1) is 0 Å². The minimum absolute atomic E-state index is 0.214. The summed E-state index contributed by atoms with van der Waals surface area (Å²) in [6.07, 6.45) is 2.65. The fourth-order valence-corrected chi connectivity index (χ4v) is 2.96. The maximum Gasteiger partial charge on any atom is 0.152 e. The van der Waals surface area contributed by atoms with Crippen LogP contribution in [0, 0.1) is 11.6 Å². The summed E-state index contributed by atoms with van der Waals surface area (Å²) in [5.74, 6) is -0.850. The molecule has 2 aromatic rings. The summed E-state index contributed by atoms with van der Waals surface area (Å²) in [6, 6.07) is 2.07. The van der Waals surface area contributed by atoms with Gasteiger partial charge in [-0.05, 0) is 41.3 Å². The van der Waals surface area contributed by atoms with Gasteiger partial charge >= 0.3 is 0 Å². The average molecular weight is 314 g/mol. The third-order valence-electron chi connectivity index (χ3n) is 3.15. The first-order valence-electron chi connectivity index (χ1n) is 5.59. The third-order valence-corrected chi connectivity index (χ3v) is 3.76. The van der Waals surface area contributed by atoms with Crippen LogP contribution >= 0.6 is 15.9 Å². The first kappa shape index (κ1) is 11.6. The Morgan fingerprint density at radius 2 is 2.06 bits per heavy atom. The molecule has 0 amide bonds. The molecule has 1 aromatic heterocycles. The molecule has 0 aliphatic heterocycles. The molecule has 0 fully saturated rings. The van der Waals surface area contributed by atoms with Crippen molar-refractivity contribution in [3.8, 4) is 5.69 Å². The highest BCUT2D eigenvalue weighted by Gasteiger charge is 2.24. The van der Waals surface area contributed by atoms with Crippen LogP contribution in [0.15, 0.2) is 16.6 Å². The van der Waals surface area contributed by atoms with E-state index in [1.807, 2.05) is 0 Å². The number of anilines is 1.